The summed E-state index contributed by atoms with van der Waals surface area (Å²) in [6, 6.07) is 14.2. The number of para-hydroxylation sites is 1. The maximum Gasteiger partial charge on any atom is 0.219 e. The number of carbonyl (C=O) groups is 1. The van der Waals surface area contributed by atoms with Gasteiger partial charge in [-0.05, 0) is 37.6 Å². The molecular formula is C22H27N3O2. The molecule has 1 amide bonds. The van der Waals surface area contributed by atoms with Crippen molar-refractivity contribution in [3.63, 3.8) is 0 Å². The monoisotopic (exact) mass is 365 g/mol. The van der Waals surface area contributed by atoms with E-state index in [4.69, 9.17) is 4.74 Å². The molecule has 0 spiro atoms. The topological polar surface area (TPSA) is 45.7 Å². The van der Waals surface area contributed by atoms with Crippen LogP contribution in [0.3, 0.4) is 0 Å². The van der Waals surface area contributed by atoms with E-state index in [1.165, 1.54) is 0 Å². The molecule has 27 heavy (non-hydrogen) atoms. The van der Waals surface area contributed by atoms with Crippen LogP contribution in [0.25, 0.3) is 0 Å². The summed E-state index contributed by atoms with van der Waals surface area (Å²) in [4.78, 5) is 21.0. The number of aromatic nitrogens is 1. The minimum absolute atomic E-state index is 0.0316. The van der Waals surface area contributed by atoms with Gasteiger partial charge in [-0.25, -0.2) is 0 Å². The third-order valence-electron chi connectivity index (χ3n) is 5.64. The Morgan fingerprint density at radius 2 is 2.04 bits per heavy atom. The number of hydrogen-bond acceptors (Lipinski definition) is 4. The molecule has 1 saturated heterocycles. The molecule has 0 bridgehead atoms. The third kappa shape index (κ3) is 4.30. The molecule has 5 nitrogen and oxygen atoms in total. The highest BCUT2D eigenvalue weighted by molar-refractivity contribution is 5.73. The van der Waals surface area contributed by atoms with E-state index in [1.807, 2.05) is 41.4 Å². The molecule has 1 aromatic carbocycles. The maximum absolute atomic E-state index is 12.1. The summed E-state index contributed by atoms with van der Waals surface area (Å²) in [6.45, 7) is 5.89. The molecule has 1 fully saturated rings. The first kappa shape index (κ1) is 18.0. The van der Waals surface area contributed by atoms with Crippen LogP contribution < -0.4 is 4.74 Å². The van der Waals surface area contributed by atoms with Crippen molar-refractivity contribution in [3.05, 3.63) is 59.9 Å². The molecule has 0 saturated carbocycles. The van der Waals surface area contributed by atoms with Crippen LogP contribution in [0.1, 0.15) is 31.0 Å². The van der Waals surface area contributed by atoms with Gasteiger partial charge in [-0.2, -0.15) is 0 Å². The molecular weight excluding hydrogens is 338 g/mol. The maximum atomic E-state index is 12.1. The zero-order chi connectivity index (χ0) is 18.6. The second kappa shape index (κ2) is 8.09. The van der Waals surface area contributed by atoms with E-state index in [9.17, 15) is 4.79 Å². The largest absolute Gasteiger partial charge is 0.488 e. The standard InChI is InChI=1S/C22H27N3O2/c1-17(26)25-14-19-7-2-3-10-21(19)27-22(16-25)18-8-6-12-24(13-18)15-20-9-4-5-11-23-20/h2-5,7,9-11,18,22H,6,8,12-16H2,1H3/t18-,22-/m0/s1. The molecule has 2 aliphatic rings. The second-order valence-electron chi connectivity index (χ2n) is 7.62. The summed E-state index contributed by atoms with van der Waals surface area (Å²) in [7, 11) is 0. The van der Waals surface area contributed by atoms with Gasteiger partial charge in [0.2, 0.25) is 5.91 Å². The first-order chi connectivity index (χ1) is 13.2. The number of fused-ring (bicyclic) bond motifs is 1. The van der Waals surface area contributed by atoms with Gasteiger partial charge in [0, 0.05) is 44.2 Å². The van der Waals surface area contributed by atoms with Gasteiger partial charge in [-0.15, -0.1) is 0 Å². The summed E-state index contributed by atoms with van der Waals surface area (Å²) in [5.74, 6) is 1.45. The van der Waals surface area contributed by atoms with Gasteiger partial charge in [0.05, 0.1) is 12.2 Å². The van der Waals surface area contributed by atoms with Gasteiger partial charge < -0.3 is 9.64 Å². The van der Waals surface area contributed by atoms with E-state index in [2.05, 4.69) is 22.0 Å². The van der Waals surface area contributed by atoms with Crippen LogP contribution in [0.4, 0.5) is 0 Å². The summed E-state index contributed by atoms with van der Waals surface area (Å²) >= 11 is 0. The third-order valence-corrected chi connectivity index (χ3v) is 5.64. The Labute approximate surface area is 161 Å². The van der Waals surface area contributed by atoms with Crippen molar-refractivity contribution in [3.8, 4) is 5.75 Å². The molecule has 4 rings (SSSR count). The molecule has 2 atom stereocenters. The predicted molar refractivity (Wildman–Crippen MR) is 104 cm³/mol. The summed E-state index contributed by atoms with van der Waals surface area (Å²) in [5, 5.41) is 0. The average molecular weight is 365 g/mol. The SMILES string of the molecule is CC(=O)N1Cc2ccccc2O[C@H]([C@H]2CCCN(Cc3ccccn3)C2)C1. The van der Waals surface area contributed by atoms with Gasteiger partial charge in [0.1, 0.15) is 11.9 Å². The van der Waals surface area contributed by atoms with Crippen LogP contribution in [0.2, 0.25) is 0 Å². The smallest absolute Gasteiger partial charge is 0.219 e. The fraction of sp³-hybridized carbons (Fsp3) is 0.455. The lowest BCUT2D eigenvalue weighted by Gasteiger charge is -2.37. The Kier molecular flexibility index (Phi) is 5.39. The fourth-order valence-corrected chi connectivity index (χ4v) is 4.18. The lowest BCUT2D eigenvalue weighted by molar-refractivity contribution is -0.130. The van der Waals surface area contributed by atoms with E-state index in [0.29, 0.717) is 19.0 Å². The van der Waals surface area contributed by atoms with Crippen molar-refractivity contribution < 1.29 is 9.53 Å². The molecule has 2 aromatic rings. The quantitative estimate of drug-likeness (QED) is 0.838. The first-order valence-corrected chi connectivity index (χ1v) is 9.81. The number of pyridine rings is 1. The van der Waals surface area contributed by atoms with Gasteiger partial charge in [-0.3, -0.25) is 14.7 Å². The number of nitrogens with zero attached hydrogens (tertiary/aromatic N) is 3. The number of rotatable bonds is 3. The Balaban J connectivity index is 1.50. The van der Waals surface area contributed by atoms with E-state index >= 15 is 0 Å². The van der Waals surface area contributed by atoms with Crippen LogP contribution in [0.15, 0.2) is 48.7 Å². The molecule has 1 aromatic heterocycles. The molecule has 5 heteroatoms. The molecule has 0 N–H and O–H groups in total. The molecule has 0 aliphatic carbocycles. The Morgan fingerprint density at radius 3 is 2.85 bits per heavy atom. The summed E-state index contributed by atoms with van der Waals surface area (Å²) < 4.78 is 6.44. The van der Waals surface area contributed by atoms with E-state index in [-0.39, 0.29) is 12.0 Å². The molecule has 0 radical (unpaired) electrons. The highest BCUT2D eigenvalue weighted by Crippen LogP contribution is 2.30. The van der Waals surface area contributed by atoms with Crippen LogP contribution in [0, 0.1) is 5.92 Å². The fourth-order valence-electron chi connectivity index (χ4n) is 4.18. The van der Waals surface area contributed by atoms with Crippen molar-refractivity contribution in [1.82, 2.24) is 14.8 Å². The van der Waals surface area contributed by atoms with Crippen LogP contribution in [-0.4, -0.2) is 46.4 Å². The number of carbonyl (C=O) groups excluding carboxylic acids is 1. The molecule has 0 unspecified atom stereocenters. The minimum atomic E-state index is 0.0316. The van der Waals surface area contributed by atoms with Crippen LogP contribution in [-0.2, 0) is 17.9 Å². The van der Waals surface area contributed by atoms with Crippen LogP contribution in [0.5, 0.6) is 5.75 Å². The number of amides is 1. The average Bonchev–Trinajstić information content (AvgIpc) is 2.89. The second-order valence-corrected chi connectivity index (χ2v) is 7.62. The van der Waals surface area contributed by atoms with Crippen molar-refractivity contribution >= 4 is 5.91 Å². The minimum Gasteiger partial charge on any atom is -0.488 e. The summed E-state index contributed by atoms with van der Waals surface area (Å²) in [5.41, 5.74) is 2.20. The van der Waals surface area contributed by atoms with E-state index in [1.54, 1.807) is 6.92 Å². The lowest BCUT2D eigenvalue weighted by atomic mass is 9.91. The van der Waals surface area contributed by atoms with Gasteiger partial charge in [0.25, 0.3) is 0 Å². The van der Waals surface area contributed by atoms with Gasteiger partial charge in [0.15, 0.2) is 0 Å². The highest BCUT2D eigenvalue weighted by atomic mass is 16.5. The normalized spacial score (nSPS) is 23.2. The highest BCUT2D eigenvalue weighted by Gasteiger charge is 2.33. The zero-order valence-electron chi connectivity index (χ0n) is 15.9. The van der Waals surface area contributed by atoms with Gasteiger partial charge >= 0.3 is 0 Å². The predicted octanol–water partition coefficient (Wildman–Crippen LogP) is 3.10. The van der Waals surface area contributed by atoms with Crippen molar-refractivity contribution in [1.29, 1.82) is 0 Å². The number of likely N-dealkylation sites (tertiary alicyclic amines) is 1. The number of hydrogen-bond donors (Lipinski definition) is 0. The van der Waals surface area contributed by atoms with Crippen molar-refractivity contribution in [2.24, 2.45) is 5.92 Å². The Bertz CT molecular complexity index is 780. The Morgan fingerprint density at radius 1 is 1.19 bits per heavy atom. The Hall–Kier alpha value is -2.40. The van der Waals surface area contributed by atoms with Gasteiger partial charge in [-0.1, -0.05) is 24.3 Å². The first-order valence-electron chi connectivity index (χ1n) is 9.81. The zero-order valence-corrected chi connectivity index (χ0v) is 15.9. The summed E-state index contributed by atoms with van der Waals surface area (Å²) in [6.07, 6.45) is 4.17. The lowest BCUT2D eigenvalue weighted by Crippen LogP contribution is -2.46. The van der Waals surface area contributed by atoms with Crippen molar-refractivity contribution in [2.75, 3.05) is 19.6 Å². The van der Waals surface area contributed by atoms with Crippen molar-refractivity contribution in [2.45, 2.75) is 39.0 Å². The number of piperidine rings is 1. The molecule has 3 heterocycles. The van der Waals surface area contributed by atoms with E-state index in [0.717, 1.165) is 49.5 Å². The molecule has 2 aliphatic heterocycles. The molecule has 142 valence electrons. The number of benzene rings is 1. The number of ether oxygens (including phenoxy) is 1. The van der Waals surface area contributed by atoms with E-state index < -0.39 is 0 Å². The van der Waals surface area contributed by atoms with Crippen LogP contribution >= 0.6 is 0 Å².